The quantitative estimate of drug-likeness (QED) is 0.619. The number of carbonyl (C=O) groups excluding carboxylic acids is 2. The number of amides is 2. The summed E-state index contributed by atoms with van der Waals surface area (Å²) in [5.74, 6) is 0.00821. The van der Waals surface area contributed by atoms with Crippen molar-refractivity contribution in [2.24, 2.45) is 0 Å². The maximum Gasteiger partial charge on any atom is 0.225 e. The number of rotatable bonds is 6. The molecule has 0 N–H and O–H groups in total. The van der Waals surface area contributed by atoms with Gasteiger partial charge in [0.1, 0.15) is 0 Å². The Hall–Kier alpha value is -3.54. The number of benzene rings is 1. The number of hydrogen-bond acceptors (Lipinski definition) is 4. The standard InChI is InChI=1S/C25H26N4O2/c1-19(30)29-14-10-22-6-2-3-7-23(22)24(29)15-25(31)28(17-20-8-12-26-13-9-20)18-21-5-4-11-27-16-21/h2-9,11-13,16,24H,10,14-15,17-18H2,1H3. The van der Waals surface area contributed by atoms with E-state index in [1.165, 1.54) is 5.56 Å². The highest BCUT2D eigenvalue weighted by Gasteiger charge is 2.32. The summed E-state index contributed by atoms with van der Waals surface area (Å²) in [5.41, 5.74) is 4.27. The van der Waals surface area contributed by atoms with Crippen LogP contribution < -0.4 is 0 Å². The molecule has 0 fully saturated rings. The molecule has 1 aromatic carbocycles. The van der Waals surface area contributed by atoms with E-state index in [-0.39, 0.29) is 24.3 Å². The van der Waals surface area contributed by atoms with Crippen LogP contribution in [0.5, 0.6) is 0 Å². The second kappa shape index (κ2) is 9.51. The van der Waals surface area contributed by atoms with Gasteiger partial charge < -0.3 is 9.80 Å². The molecule has 0 radical (unpaired) electrons. The number of nitrogens with zero attached hydrogens (tertiary/aromatic N) is 4. The van der Waals surface area contributed by atoms with Crippen LogP contribution in [0.1, 0.15) is 41.6 Å². The molecule has 0 saturated heterocycles. The summed E-state index contributed by atoms with van der Waals surface area (Å²) in [6.45, 7) is 3.15. The number of pyridine rings is 2. The fourth-order valence-corrected chi connectivity index (χ4v) is 4.20. The molecule has 6 nitrogen and oxygen atoms in total. The van der Waals surface area contributed by atoms with Gasteiger partial charge in [-0.15, -0.1) is 0 Å². The zero-order chi connectivity index (χ0) is 21.6. The van der Waals surface area contributed by atoms with Crippen LogP contribution in [0.25, 0.3) is 0 Å². The molecule has 2 aromatic heterocycles. The molecule has 4 rings (SSSR count). The molecule has 6 heteroatoms. The summed E-state index contributed by atoms with van der Waals surface area (Å²) in [5, 5.41) is 0. The van der Waals surface area contributed by atoms with Gasteiger partial charge in [-0.1, -0.05) is 30.3 Å². The summed E-state index contributed by atoms with van der Waals surface area (Å²) in [6.07, 6.45) is 8.04. The Morgan fingerprint density at radius 3 is 2.48 bits per heavy atom. The Kier molecular flexibility index (Phi) is 6.36. The van der Waals surface area contributed by atoms with E-state index in [4.69, 9.17) is 0 Å². The van der Waals surface area contributed by atoms with Crippen molar-refractivity contribution < 1.29 is 9.59 Å². The van der Waals surface area contributed by atoms with Crippen molar-refractivity contribution in [3.8, 4) is 0 Å². The third-order valence-corrected chi connectivity index (χ3v) is 5.76. The highest BCUT2D eigenvalue weighted by Crippen LogP contribution is 2.33. The van der Waals surface area contributed by atoms with Crippen molar-refractivity contribution in [2.45, 2.75) is 38.9 Å². The van der Waals surface area contributed by atoms with Crippen molar-refractivity contribution >= 4 is 11.8 Å². The highest BCUT2D eigenvalue weighted by molar-refractivity contribution is 5.80. The van der Waals surface area contributed by atoms with E-state index < -0.39 is 0 Å². The van der Waals surface area contributed by atoms with Crippen LogP contribution in [0.4, 0.5) is 0 Å². The Morgan fingerprint density at radius 2 is 1.74 bits per heavy atom. The van der Waals surface area contributed by atoms with Gasteiger partial charge in [-0.3, -0.25) is 19.6 Å². The second-order valence-electron chi connectivity index (χ2n) is 7.85. The van der Waals surface area contributed by atoms with Crippen molar-refractivity contribution in [1.82, 2.24) is 19.8 Å². The lowest BCUT2D eigenvalue weighted by molar-refractivity contribution is -0.137. The fraction of sp³-hybridized carbons (Fsp3) is 0.280. The predicted molar refractivity (Wildman–Crippen MR) is 118 cm³/mol. The van der Waals surface area contributed by atoms with Crippen LogP contribution in [0, 0.1) is 0 Å². The van der Waals surface area contributed by atoms with Crippen LogP contribution in [-0.2, 0) is 29.1 Å². The number of hydrogen-bond donors (Lipinski definition) is 0. The van der Waals surface area contributed by atoms with Gasteiger partial charge in [0.2, 0.25) is 11.8 Å². The molecule has 0 spiro atoms. The third-order valence-electron chi connectivity index (χ3n) is 5.76. The van der Waals surface area contributed by atoms with E-state index in [1.54, 1.807) is 31.7 Å². The molecule has 1 aliphatic rings. The van der Waals surface area contributed by atoms with Crippen LogP contribution in [-0.4, -0.2) is 38.1 Å². The van der Waals surface area contributed by atoms with Gasteiger partial charge in [0, 0.05) is 51.3 Å². The maximum atomic E-state index is 13.6. The number of carbonyl (C=O) groups is 2. The molecule has 158 valence electrons. The average Bonchev–Trinajstić information content (AvgIpc) is 2.80. The van der Waals surface area contributed by atoms with Gasteiger partial charge in [0.25, 0.3) is 0 Å². The van der Waals surface area contributed by atoms with Gasteiger partial charge in [0.05, 0.1) is 12.5 Å². The largest absolute Gasteiger partial charge is 0.335 e. The van der Waals surface area contributed by atoms with Crippen LogP contribution in [0.2, 0.25) is 0 Å². The minimum atomic E-state index is -0.246. The Balaban J connectivity index is 1.60. The number of aromatic nitrogens is 2. The summed E-state index contributed by atoms with van der Waals surface area (Å²) in [4.78, 5) is 37.8. The van der Waals surface area contributed by atoms with Crippen LogP contribution in [0.15, 0.2) is 73.3 Å². The molecule has 2 amide bonds. The molecule has 0 saturated carbocycles. The zero-order valence-electron chi connectivity index (χ0n) is 17.6. The monoisotopic (exact) mass is 414 g/mol. The Labute approximate surface area is 182 Å². The van der Waals surface area contributed by atoms with Crippen molar-refractivity contribution in [2.75, 3.05) is 6.54 Å². The molecule has 3 aromatic rings. The summed E-state index contributed by atoms with van der Waals surface area (Å²) >= 11 is 0. The first-order valence-corrected chi connectivity index (χ1v) is 10.5. The summed E-state index contributed by atoms with van der Waals surface area (Å²) in [6, 6.07) is 15.6. The molecule has 1 aliphatic heterocycles. The van der Waals surface area contributed by atoms with Crippen LogP contribution in [0.3, 0.4) is 0 Å². The lowest BCUT2D eigenvalue weighted by Crippen LogP contribution is -2.42. The first-order valence-electron chi connectivity index (χ1n) is 10.5. The molecular weight excluding hydrogens is 388 g/mol. The van der Waals surface area contributed by atoms with E-state index in [0.29, 0.717) is 19.6 Å². The third kappa shape index (κ3) is 4.97. The first-order chi connectivity index (χ1) is 15.1. The van der Waals surface area contributed by atoms with Gasteiger partial charge in [-0.2, -0.15) is 0 Å². The Morgan fingerprint density at radius 1 is 0.968 bits per heavy atom. The molecular formula is C25H26N4O2. The minimum Gasteiger partial charge on any atom is -0.335 e. The average molecular weight is 415 g/mol. The zero-order valence-corrected chi connectivity index (χ0v) is 17.6. The maximum absolute atomic E-state index is 13.6. The van der Waals surface area contributed by atoms with E-state index in [0.717, 1.165) is 23.1 Å². The van der Waals surface area contributed by atoms with E-state index >= 15 is 0 Å². The summed E-state index contributed by atoms with van der Waals surface area (Å²) in [7, 11) is 0. The molecule has 31 heavy (non-hydrogen) atoms. The SMILES string of the molecule is CC(=O)N1CCc2ccccc2C1CC(=O)N(Cc1ccncc1)Cc1cccnc1. The fourth-order valence-electron chi connectivity index (χ4n) is 4.20. The van der Waals surface area contributed by atoms with Gasteiger partial charge in [0.15, 0.2) is 0 Å². The molecule has 3 heterocycles. The van der Waals surface area contributed by atoms with E-state index in [1.807, 2.05) is 52.3 Å². The van der Waals surface area contributed by atoms with E-state index in [9.17, 15) is 9.59 Å². The molecule has 1 unspecified atom stereocenters. The van der Waals surface area contributed by atoms with Gasteiger partial charge in [-0.25, -0.2) is 0 Å². The minimum absolute atomic E-state index is 0.000228. The van der Waals surface area contributed by atoms with E-state index in [2.05, 4.69) is 16.0 Å². The van der Waals surface area contributed by atoms with Crippen LogP contribution >= 0.6 is 0 Å². The topological polar surface area (TPSA) is 66.4 Å². The second-order valence-corrected chi connectivity index (χ2v) is 7.85. The Bertz CT molecular complexity index is 998. The highest BCUT2D eigenvalue weighted by atomic mass is 16.2. The first kappa shape index (κ1) is 20.7. The molecule has 0 bridgehead atoms. The summed E-state index contributed by atoms with van der Waals surface area (Å²) < 4.78 is 0. The normalized spacial score (nSPS) is 15.3. The van der Waals surface area contributed by atoms with Crippen molar-refractivity contribution in [1.29, 1.82) is 0 Å². The van der Waals surface area contributed by atoms with Gasteiger partial charge >= 0.3 is 0 Å². The van der Waals surface area contributed by atoms with Crippen molar-refractivity contribution in [3.63, 3.8) is 0 Å². The number of fused-ring (bicyclic) bond motifs is 1. The predicted octanol–water partition coefficient (Wildman–Crippen LogP) is 3.54. The smallest absolute Gasteiger partial charge is 0.225 e. The molecule has 0 aliphatic carbocycles. The van der Waals surface area contributed by atoms with Crippen molar-refractivity contribution in [3.05, 3.63) is 95.6 Å². The molecule has 1 atom stereocenters. The lowest BCUT2D eigenvalue weighted by Gasteiger charge is -2.37. The lowest BCUT2D eigenvalue weighted by atomic mass is 9.90. The van der Waals surface area contributed by atoms with Gasteiger partial charge in [-0.05, 0) is 46.9 Å².